The minimum Gasteiger partial charge on any atom is -0.460 e. The molecular formula is C20H18BrNO5. The zero-order valence-corrected chi connectivity index (χ0v) is 16.1. The summed E-state index contributed by atoms with van der Waals surface area (Å²) in [7, 11) is 0. The van der Waals surface area contributed by atoms with Gasteiger partial charge in [0, 0.05) is 6.07 Å². The number of halogens is 1. The third-order valence-corrected chi connectivity index (χ3v) is 4.25. The highest BCUT2D eigenvalue weighted by atomic mass is 79.9. The van der Waals surface area contributed by atoms with Gasteiger partial charge >= 0.3 is 5.97 Å². The molecule has 1 N–H and O–H groups in total. The predicted molar refractivity (Wildman–Crippen MR) is 106 cm³/mol. The van der Waals surface area contributed by atoms with Crippen LogP contribution in [0.25, 0.3) is 11.0 Å². The molecule has 27 heavy (non-hydrogen) atoms. The number of hydrogen-bond donors (Lipinski definition) is 1. The van der Waals surface area contributed by atoms with Crippen molar-refractivity contribution < 1.29 is 18.7 Å². The van der Waals surface area contributed by atoms with Crippen LogP contribution in [0, 0.1) is 0 Å². The highest BCUT2D eigenvalue weighted by molar-refractivity contribution is 8.93. The van der Waals surface area contributed by atoms with E-state index in [1.165, 1.54) is 12.3 Å². The fraction of sp³-hybridized carbons (Fsp3) is 0.200. The summed E-state index contributed by atoms with van der Waals surface area (Å²) in [5.74, 6) is 0.668. The van der Waals surface area contributed by atoms with Crippen LogP contribution in [0.2, 0.25) is 0 Å². The second-order valence-corrected chi connectivity index (χ2v) is 6.07. The Bertz CT molecular complexity index is 996. The smallest absolute Gasteiger partial charge is 0.328 e. The van der Waals surface area contributed by atoms with Crippen LogP contribution in [0.3, 0.4) is 0 Å². The third-order valence-electron chi connectivity index (χ3n) is 4.25. The molecule has 6 nitrogen and oxygen atoms in total. The van der Waals surface area contributed by atoms with Crippen molar-refractivity contribution in [2.75, 3.05) is 6.54 Å². The van der Waals surface area contributed by atoms with E-state index in [-0.39, 0.29) is 40.2 Å². The largest absolute Gasteiger partial charge is 0.460 e. The third kappa shape index (κ3) is 4.20. The molecule has 0 bridgehead atoms. The van der Waals surface area contributed by atoms with Crippen molar-refractivity contribution in [1.29, 1.82) is 0 Å². The Morgan fingerprint density at radius 2 is 1.93 bits per heavy atom. The molecule has 0 radical (unpaired) electrons. The van der Waals surface area contributed by atoms with Gasteiger partial charge in [-0.1, -0.05) is 18.2 Å². The minimum atomic E-state index is -0.326. The van der Waals surface area contributed by atoms with Gasteiger partial charge in [0.05, 0.1) is 5.39 Å². The van der Waals surface area contributed by atoms with E-state index < -0.39 is 0 Å². The molecule has 2 heterocycles. The van der Waals surface area contributed by atoms with Crippen molar-refractivity contribution in [3.63, 3.8) is 0 Å². The number of nitrogens with one attached hydrogen (secondary N) is 1. The zero-order valence-electron chi connectivity index (χ0n) is 14.3. The lowest BCUT2D eigenvalue weighted by molar-refractivity contribution is -0.136. The first-order valence-electron chi connectivity index (χ1n) is 8.44. The van der Waals surface area contributed by atoms with Gasteiger partial charge in [0.15, 0.2) is 0 Å². The summed E-state index contributed by atoms with van der Waals surface area (Å²) in [6.45, 7) is 0.816. The number of fused-ring (bicyclic) bond motifs is 1. The van der Waals surface area contributed by atoms with Gasteiger partial charge in [-0.25, -0.2) is 4.79 Å². The van der Waals surface area contributed by atoms with Crippen LogP contribution in [-0.2, 0) is 4.79 Å². The molecule has 0 amide bonds. The molecule has 0 unspecified atom stereocenters. The van der Waals surface area contributed by atoms with Gasteiger partial charge in [-0.3, -0.25) is 4.79 Å². The number of ether oxygens (including phenoxy) is 2. The second-order valence-electron chi connectivity index (χ2n) is 6.07. The molecule has 0 aliphatic carbocycles. The van der Waals surface area contributed by atoms with Crippen LogP contribution in [0.4, 0.5) is 0 Å². The van der Waals surface area contributed by atoms with Crippen molar-refractivity contribution in [3.8, 4) is 17.2 Å². The molecule has 1 fully saturated rings. The first-order valence-corrected chi connectivity index (χ1v) is 8.44. The number of para-hydroxylation sites is 1. The van der Waals surface area contributed by atoms with Crippen molar-refractivity contribution in [2.45, 2.75) is 18.9 Å². The molecule has 0 saturated carbocycles. The molecule has 3 aromatic rings. The molecule has 1 aliphatic rings. The Morgan fingerprint density at radius 1 is 1.11 bits per heavy atom. The molecule has 1 atom stereocenters. The van der Waals surface area contributed by atoms with E-state index in [1.54, 1.807) is 24.3 Å². The quantitative estimate of drug-likeness (QED) is 0.499. The van der Waals surface area contributed by atoms with Crippen LogP contribution in [-0.4, -0.2) is 18.6 Å². The standard InChI is InChI=1S/C20H17NO5.BrH/c22-19-15-9-8-14(26-20(23)16-7-4-10-21-16)11-17(15)24-12-18(19)25-13-5-2-1-3-6-13;/h1-3,5-6,8-9,11-12,16,21H,4,7,10H2;1H/t16-;/m0./s1. The van der Waals surface area contributed by atoms with E-state index in [4.69, 9.17) is 13.9 Å². The normalized spacial score (nSPS) is 15.9. The van der Waals surface area contributed by atoms with E-state index in [1.807, 2.05) is 18.2 Å². The summed E-state index contributed by atoms with van der Waals surface area (Å²) >= 11 is 0. The second kappa shape index (κ2) is 8.37. The molecule has 0 spiro atoms. The lowest BCUT2D eigenvalue weighted by Gasteiger charge is -2.10. The van der Waals surface area contributed by atoms with E-state index in [2.05, 4.69) is 5.32 Å². The molecule has 7 heteroatoms. The van der Waals surface area contributed by atoms with Gasteiger partial charge in [-0.2, -0.15) is 0 Å². The fourth-order valence-electron chi connectivity index (χ4n) is 2.91. The van der Waals surface area contributed by atoms with Crippen LogP contribution in [0.5, 0.6) is 17.2 Å². The Kier molecular flexibility index (Phi) is 5.93. The Morgan fingerprint density at radius 3 is 2.67 bits per heavy atom. The summed E-state index contributed by atoms with van der Waals surface area (Å²) in [4.78, 5) is 24.7. The Labute approximate surface area is 165 Å². The summed E-state index contributed by atoms with van der Waals surface area (Å²) in [5, 5.41) is 3.45. The number of benzene rings is 2. The van der Waals surface area contributed by atoms with Gasteiger partial charge in [0.2, 0.25) is 11.2 Å². The van der Waals surface area contributed by atoms with Crippen LogP contribution in [0.15, 0.2) is 64.0 Å². The van der Waals surface area contributed by atoms with Crippen molar-refractivity contribution in [1.82, 2.24) is 5.32 Å². The van der Waals surface area contributed by atoms with E-state index in [9.17, 15) is 9.59 Å². The highest BCUT2D eigenvalue weighted by Crippen LogP contribution is 2.24. The van der Waals surface area contributed by atoms with Crippen LogP contribution in [0.1, 0.15) is 12.8 Å². The number of esters is 1. The Balaban J connectivity index is 0.00000210. The first kappa shape index (κ1) is 19.1. The maximum atomic E-state index is 12.6. The average molecular weight is 432 g/mol. The predicted octanol–water partition coefficient (Wildman–Crippen LogP) is 3.82. The average Bonchev–Trinajstić information content (AvgIpc) is 3.20. The summed E-state index contributed by atoms with van der Waals surface area (Å²) < 4.78 is 16.5. The SMILES string of the molecule is Br.O=C(Oc1ccc2c(=O)c(Oc3ccccc3)coc2c1)[C@@H]1CCCN1. The lowest BCUT2D eigenvalue weighted by Crippen LogP contribution is -2.34. The van der Waals surface area contributed by atoms with Gasteiger partial charge in [-0.15, -0.1) is 17.0 Å². The summed E-state index contributed by atoms with van der Waals surface area (Å²) in [6, 6.07) is 13.4. The maximum absolute atomic E-state index is 12.6. The van der Waals surface area contributed by atoms with Crippen molar-refractivity contribution in [2.24, 2.45) is 0 Å². The van der Waals surface area contributed by atoms with Crippen LogP contribution < -0.4 is 20.2 Å². The van der Waals surface area contributed by atoms with Gasteiger partial charge in [-0.05, 0) is 43.7 Å². The molecule has 1 saturated heterocycles. The topological polar surface area (TPSA) is 77.8 Å². The zero-order chi connectivity index (χ0) is 17.9. The highest BCUT2D eigenvalue weighted by Gasteiger charge is 2.24. The Hall–Kier alpha value is -2.64. The van der Waals surface area contributed by atoms with Crippen molar-refractivity contribution >= 4 is 33.9 Å². The van der Waals surface area contributed by atoms with E-state index >= 15 is 0 Å². The lowest BCUT2D eigenvalue weighted by atomic mass is 10.2. The molecule has 1 aromatic heterocycles. The van der Waals surface area contributed by atoms with Crippen LogP contribution >= 0.6 is 17.0 Å². The maximum Gasteiger partial charge on any atom is 0.328 e. The van der Waals surface area contributed by atoms with Crippen molar-refractivity contribution in [3.05, 3.63) is 65.0 Å². The van der Waals surface area contributed by atoms with E-state index in [0.717, 1.165) is 19.4 Å². The van der Waals surface area contributed by atoms with Gasteiger partial charge < -0.3 is 19.2 Å². The number of carbonyl (C=O) groups excluding carboxylic acids is 1. The molecule has 4 rings (SSSR count). The minimum absolute atomic E-state index is 0. The number of hydrogen-bond acceptors (Lipinski definition) is 6. The summed E-state index contributed by atoms with van der Waals surface area (Å²) in [5.41, 5.74) is 0.0468. The number of carbonyl (C=O) groups is 1. The monoisotopic (exact) mass is 431 g/mol. The first-order chi connectivity index (χ1) is 12.7. The summed E-state index contributed by atoms with van der Waals surface area (Å²) in [6.07, 6.45) is 2.99. The molecular weight excluding hydrogens is 414 g/mol. The fourth-order valence-corrected chi connectivity index (χ4v) is 2.91. The molecule has 140 valence electrons. The van der Waals surface area contributed by atoms with E-state index in [0.29, 0.717) is 22.5 Å². The molecule has 2 aromatic carbocycles. The number of rotatable bonds is 4. The van der Waals surface area contributed by atoms with Gasteiger partial charge in [0.25, 0.3) is 0 Å². The molecule has 1 aliphatic heterocycles. The van der Waals surface area contributed by atoms with Gasteiger partial charge in [0.1, 0.15) is 29.4 Å².